The van der Waals surface area contributed by atoms with Crippen molar-refractivity contribution in [2.75, 3.05) is 0 Å². The number of halogens is 3. The first-order valence-corrected chi connectivity index (χ1v) is 9.51. The normalized spacial score (nSPS) is 12.2. The Labute approximate surface area is 175 Å². The number of benzene rings is 1. The highest BCUT2D eigenvalue weighted by molar-refractivity contribution is 5.69. The van der Waals surface area contributed by atoms with Crippen LogP contribution in [-0.2, 0) is 34.2 Å². The summed E-state index contributed by atoms with van der Waals surface area (Å²) in [5.41, 5.74) is -0.642. The number of aromatic nitrogens is 4. The molecule has 0 atom stereocenters. The maximum atomic E-state index is 12.6. The average molecular weight is 438 g/mol. The summed E-state index contributed by atoms with van der Waals surface area (Å²) < 4.78 is 53.1. The number of ether oxygens (including phenoxy) is 1. The molecule has 0 fully saturated rings. The van der Waals surface area contributed by atoms with E-state index in [4.69, 9.17) is 13.8 Å². The van der Waals surface area contributed by atoms with E-state index in [1.54, 1.807) is 0 Å². The minimum Gasteiger partial charge on any atom is -0.456 e. The van der Waals surface area contributed by atoms with Crippen molar-refractivity contribution in [3.8, 4) is 11.4 Å². The third-order valence-corrected chi connectivity index (χ3v) is 4.21. The fourth-order valence-electron chi connectivity index (χ4n) is 2.50. The van der Waals surface area contributed by atoms with E-state index in [2.05, 4.69) is 20.3 Å². The number of hydrogen-bond acceptors (Lipinski definition) is 8. The quantitative estimate of drug-likeness (QED) is 0.497. The Balaban J connectivity index is 1.45. The van der Waals surface area contributed by atoms with Crippen molar-refractivity contribution in [1.82, 2.24) is 20.3 Å². The average Bonchev–Trinajstić information content (AvgIpc) is 3.35. The molecule has 0 aliphatic carbocycles. The molecular formula is C20H21F3N4O4. The fraction of sp³-hybridized carbons (Fsp3) is 0.450. The molecule has 0 amide bonds. The molecule has 0 radical (unpaired) electrons. The molecule has 8 nitrogen and oxygen atoms in total. The summed E-state index contributed by atoms with van der Waals surface area (Å²) >= 11 is 0. The van der Waals surface area contributed by atoms with E-state index in [9.17, 15) is 18.0 Å². The Morgan fingerprint density at radius 3 is 2.29 bits per heavy atom. The van der Waals surface area contributed by atoms with Gasteiger partial charge in [0.15, 0.2) is 12.4 Å². The molecule has 11 heteroatoms. The molecule has 3 rings (SSSR count). The molecule has 1 aromatic carbocycles. The number of alkyl halides is 3. The lowest BCUT2D eigenvalue weighted by atomic mass is 9.96. The summed E-state index contributed by atoms with van der Waals surface area (Å²) in [5, 5.41) is 7.61. The van der Waals surface area contributed by atoms with Crippen molar-refractivity contribution in [3.05, 3.63) is 47.4 Å². The SMILES string of the molecule is CC(C)(C)c1noc(CCCC(=O)OCc2nc(-c3ccc(C(F)(F)F)cc3)no2)n1. The van der Waals surface area contributed by atoms with Crippen molar-refractivity contribution in [1.29, 1.82) is 0 Å². The van der Waals surface area contributed by atoms with Gasteiger partial charge in [0.2, 0.25) is 11.7 Å². The fourth-order valence-corrected chi connectivity index (χ4v) is 2.50. The summed E-state index contributed by atoms with van der Waals surface area (Å²) in [5.74, 6) is 0.728. The molecule has 2 heterocycles. The summed E-state index contributed by atoms with van der Waals surface area (Å²) in [6.07, 6.45) is -3.39. The van der Waals surface area contributed by atoms with Crippen molar-refractivity contribution in [2.24, 2.45) is 0 Å². The largest absolute Gasteiger partial charge is 0.456 e. The van der Waals surface area contributed by atoms with Crippen molar-refractivity contribution < 1.29 is 31.7 Å². The molecule has 0 spiro atoms. The molecule has 0 unspecified atom stereocenters. The third kappa shape index (κ3) is 6.12. The number of hydrogen-bond donors (Lipinski definition) is 0. The second-order valence-electron chi connectivity index (χ2n) is 7.86. The van der Waals surface area contributed by atoms with Crippen LogP contribution in [0.3, 0.4) is 0 Å². The molecule has 2 aromatic heterocycles. The van der Waals surface area contributed by atoms with Crippen LogP contribution in [0.5, 0.6) is 0 Å². The first-order valence-electron chi connectivity index (χ1n) is 9.51. The minimum atomic E-state index is -4.42. The van der Waals surface area contributed by atoms with Crippen LogP contribution in [0.2, 0.25) is 0 Å². The highest BCUT2D eigenvalue weighted by atomic mass is 19.4. The lowest BCUT2D eigenvalue weighted by Crippen LogP contribution is -2.13. The molecule has 166 valence electrons. The van der Waals surface area contributed by atoms with Gasteiger partial charge in [0.1, 0.15) is 0 Å². The van der Waals surface area contributed by atoms with Gasteiger partial charge in [0, 0.05) is 23.8 Å². The maximum Gasteiger partial charge on any atom is 0.416 e. The van der Waals surface area contributed by atoms with Crippen LogP contribution in [0.25, 0.3) is 11.4 Å². The maximum absolute atomic E-state index is 12.6. The first-order chi connectivity index (χ1) is 14.5. The lowest BCUT2D eigenvalue weighted by Gasteiger charge is -2.10. The van der Waals surface area contributed by atoms with Gasteiger partial charge in [-0.25, -0.2) is 0 Å². The lowest BCUT2D eigenvalue weighted by molar-refractivity contribution is -0.145. The number of carbonyl (C=O) groups is 1. The molecule has 0 aliphatic heterocycles. The Hall–Kier alpha value is -3.24. The second kappa shape index (κ2) is 8.86. The monoisotopic (exact) mass is 438 g/mol. The molecular weight excluding hydrogens is 417 g/mol. The van der Waals surface area contributed by atoms with Crippen molar-refractivity contribution in [2.45, 2.75) is 58.2 Å². The van der Waals surface area contributed by atoms with Crippen LogP contribution in [0.15, 0.2) is 33.3 Å². The Morgan fingerprint density at radius 1 is 1.00 bits per heavy atom. The van der Waals surface area contributed by atoms with E-state index in [0.29, 0.717) is 30.1 Å². The summed E-state index contributed by atoms with van der Waals surface area (Å²) in [4.78, 5) is 20.2. The molecule has 31 heavy (non-hydrogen) atoms. The van der Waals surface area contributed by atoms with Gasteiger partial charge in [0.05, 0.1) is 5.56 Å². The molecule has 0 N–H and O–H groups in total. The van der Waals surface area contributed by atoms with Gasteiger partial charge in [-0.3, -0.25) is 4.79 Å². The van der Waals surface area contributed by atoms with Gasteiger partial charge in [-0.05, 0) is 18.6 Å². The zero-order valence-corrected chi connectivity index (χ0v) is 17.2. The van der Waals surface area contributed by atoms with Crippen LogP contribution in [-0.4, -0.2) is 26.3 Å². The van der Waals surface area contributed by atoms with Gasteiger partial charge in [-0.15, -0.1) is 0 Å². The predicted molar refractivity (Wildman–Crippen MR) is 100 cm³/mol. The molecule has 0 aliphatic rings. The Morgan fingerprint density at radius 2 is 1.68 bits per heavy atom. The van der Waals surface area contributed by atoms with Crippen molar-refractivity contribution in [3.63, 3.8) is 0 Å². The number of rotatable bonds is 7. The first kappa shape index (κ1) is 22.4. The molecule has 3 aromatic rings. The molecule has 0 saturated heterocycles. The molecule has 0 bridgehead atoms. The van der Waals surface area contributed by atoms with Gasteiger partial charge in [0.25, 0.3) is 5.89 Å². The van der Waals surface area contributed by atoms with Crippen LogP contribution >= 0.6 is 0 Å². The zero-order valence-electron chi connectivity index (χ0n) is 17.2. The zero-order chi connectivity index (χ0) is 22.6. The smallest absolute Gasteiger partial charge is 0.416 e. The van der Waals surface area contributed by atoms with Crippen LogP contribution < -0.4 is 0 Å². The van der Waals surface area contributed by atoms with E-state index >= 15 is 0 Å². The van der Waals surface area contributed by atoms with Gasteiger partial charge < -0.3 is 13.8 Å². The van der Waals surface area contributed by atoms with Gasteiger partial charge in [-0.1, -0.05) is 43.2 Å². The predicted octanol–water partition coefficient (Wildman–Crippen LogP) is 4.50. The molecule has 0 saturated carbocycles. The van der Waals surface area contributed by atoms with E-state index < -0.39 is 17.7 Å². The standard InChI is InChI=1S/C20H21F3N4O4/c1-19(2,3)18-25-14(30-27-18)5-4-6-16(28)29-11-15-24-17(26-31-15)12-7-9-13(10-8-12)20(21,22)23/h7-10H,4-6,11H2,1-3H3. The summed E-state index contributed by atoms with van der Waals surface area (Å²) in [6.45, 7) is 5.68. The Bertz CT molecular complexity index is 1020. The van der Waals surface area contributed by atoms with E-state index in [1.807, 2.05) is 20.8 Å². The summed E-state index contributed by atoms with van der Waals surface area (Å²) in [6, 6.07) is 4.34. The highest BCUT2D eigenvalue weighted by Crippen LogP contribution is 2.30. The minimum absolute atomic E-state index is 0.0370. The van der Waals surface area contributed by atoms with Crippen LogP contribution in [0.1, 0.15) is 56.8 Å². The Kier molecular flexibility index (Phi) is 6.42. The highest BCUT2D eigenvalue weighted by Gasteiger charge is 2.30. The topological polar surface area (TPSA) is 104 Å². The van der Waals surface area contributed by atoms with Crippen LogP contribution in [0.4, 0.5) is 13.2 Å². The van der Waals surface area contributed by atoms with Crippen LogP contribution in [0, 0.1) is 0 Å². The van der Waals surface area contributed by atoms with E-state index in [-0.39, 0.29) is 30.2 Å². The number of aryl methyl sites for hydroxylation is 1. The van der Waals surface area contributed by atoms with Crippen molar-refractivity contribution >= 4 is 5.97 Å². The third-order valence-electron chi connectivity index (χ3n) is 4.21. The number of nitrogens with zero attached hydrogens (tertiary/aromatic N) is 4. The van der Waals surface area contributed by atoms with E-state index in [0.717, 1.165) is 12.1 Å². The van der Waals surface area contributed by atoms with Gasteiger partial charge >= 0.3 is 12.1 Å². The van der Waals surface area contributed by atoms with E-state index in [1.165, 1.54) is 12.1 Å². The van der Waals surface area contributed by atoms with Gasteiger partial charge in [-0.2, -0.15) is 23.1 Å². The number of carbonyl (C=O) groups excluding carboxylic acids is 1. The second-order valence-corrected chi connectivity index (χ2v) is 7.86. The number of esters is 1. The summed E-state index contributed by atoms with van der Waals surface area (Å²) in [7, 11) is 0.